The SMILES string of the molecule is Cc1[nH]c(N)cc(=O)c1C#N. The molecule has 0 radical (unpaired) electrons. The summed E-state index contributed by atoms with van der Waals surface area (Å²) in [6, 6.07) is 2.99. The van der Waals surface area contributed by atoms with Gasteiger partial charge in [-0.1, -0.05) is 0 Å². The molecule has 0 aromatic carbocycles. The predicted octanol–water partition coefficient (Wildman–Crippen LogP) is 0.137. The van der Waals surface area contributed by atoms with Crippen LogP contribution in [0.15, 0.2) is 10.9 Å². The zero-order valence-electron chi connectivity index (χ0n) is 6.01. The molecule has 56 valence electrons. The summed E-state index contributed by atoms with van der Waals surface area (Å²) in [6.07, 6.45) is 0. The van der Waals surface area contributed by atoms with Crippen molar-refractivity contribution in [3.8, 4) is 6.07 Å². The third kappa shape index (κ3) is 1.22. The van der Waals surface area contributed by atoms with Crippen LogP contribution in [-0.2, 0) is 0 Å². The Morgan fingerprint density at radius 1 is 1.73 bits per heavy atom. The minimum absolute atomic E-state index is 0.124. The zero-order valence-corrected chi connectivity index (χ0v) is 6.01. The van der Waals surface area contributed by atoms with E-state index in [0.717, 1.165) is 0 Å². The largest absolute Gasteiger partial charge is 0.385 e. The maximum atomic E-state index is 11.0. The Morgan fingerprint density at radius 3 is 2.82 bits per heavy atom. The second-order valence-electron chi connectivity index (χ2n) is 2.20. The smallest absolute Gasteiger partial charge is 0.201 e. The van der Waals surface area contributed by atoms with Crippen molar-refractivity contribution in [2.24, 2.45) is 0 Å². The molecule has 0 atom stereocenters. The van der Waals surface area contributed by atoms with Crippen LogP contribution in [0.4, 0.5) is 5.82 Å². The van der Waals surface area contributed by atoms with E-state index < -0.39 is 0 Å². The van der Waals surface area contributed by atoms with E-state index >= 15 is 0 Å². The minimum atomic E-state index is -0.332. The van der Waals surface area contributed by atoms with Crippen molar-refractivity contribution >= 4 is 5.82 Å². The van der Waals surface area contributed by atoms with Crippen molar-refractivity contribution in [2.45, 2.75) is 6.92 Å². The number of rotatable bonds is 0. The van der Waals surface area contributed by atoms with E-state index in [0.29, 0.717) is 5.69 Å². The average Bonchev–Trinajstić information content (AvgIpc) is 1.85. The molecule has 0 aliphatic rings. The first-order valence-electron chi connectivity index (χ1n) is 3.04. The summed E-state index contributed by atoms with van der Waals surface area (Å²) in [7, 11) is 0. The number of hydrogen-bond acceptors (Lipinski definition) is 3. The fourth-order valence-electron chi connectivity index (χ4n) is 0.852. The number of nitrogen functional groups attached to an aromatic ring is 1. The molecule has 0 unspecified atom stereocenters. The molecule has 0 aliphatic heterocycles. The van der Waals surface area contributed by atoms with Gasteiger partial charge in [0.2, 0.25) is 5.43 Å². The van der Waals surface area contributed by atoms with Crippen LogP contribution in [-0.4, -0.2) is 4.98 Å². The molecule has 0 aliphatic carbocycles. The summed E-state index contributed by atoms with van der Waals surface area (Å²) in [5.74, 6) is 0.284. The number of hydrogen-bond donors (Lipinski definition) is 2. The number of anilines is 1. The van der Waals surface area contributed by atoms with Gasteiger partial charge < -0.3 is 10.7 Å². The number of nitrogens with two attached hydrogens (primary N) is 1. The predicted molar refractivity (Wildman–Crippen MR) is 40.9 cm³/mol. The van der Waals surface area contributed by atoms with E-state index in [1.807, 2.05) is 0 Å². The Hall–Kier alpha value is -1.76. The van der Waals surface area contributed by atoms with Crippen LogP contribution >= 0.6 is 0 Å². The number of nitriles is 1. The highest BCUT2D eigenvalue weighted by Gasteiger charge is 2.02. The molecular formula is C7H7N3O. The molecule has 3 N–H and O–H groups in total. The summed E-state index contributed by atoms with van der Waals surface area (Å²) in [6.45, 7) is 1.64. The second-order valence-corrected chi connectivity index (χ2v) is 2.20. The first kappa shape index (κ1) is 7.35. The highest BCUT2D eigenvalue weighted by atomic mass is 16.1. The Bertz CT molecular complexity index is 372. The Kier molecular flexibility index (Phi) is 1.65. The molecule has 0 bridgehead atoms. The van der Waals surface area contributed by atoms with E-state index in [4.69, 9.17) is 11.0 Å². The van der Waals surface area contributed by atoms with Crippen molar-refractivity contribution in [1.82, 2.24) is 4.98 Å². The lowest BCUT2D eigenvalue weighted by molar-refractivity contribution is 1.17. The van der Waals surface area contributed by atoms with Crippen molar-refractivity contribution in [1.29, 1.82) is 5.26 Å². The molecule has 4 heteroatoms. The Labute approximate surface area is 63.3 Å². The second kappa shape index (κ2) is 2.46. The topological polar surface area (TPSA) is 82.7 Å². The van der Waals surface area contributed by atoms with Crippen LogP contribution in [0, 0.1) is 18.3 Å². The summed E-state index contributed by atoms with van der Waals surface area (Å²) in [5, 5.41) is 8.48. The lowest BCUT2D eigenvalue weighted by Gasteiger charge is -1.97. The molecule has 0 fully saturated rings. The number of nitrogens with one attached hydrogen (secondary N) is 1. The summed E-state index contributed by atoms with van der Waals surface area (Å²) in [4.78, 5) is 13.7. The van der Waals surface area contributed by atoms with Gasteiger partial charge in [-0.05, 0) is 6.92 Å². The van der Waals surface area contributed by atoms with Gasteiger partial charge in [0.1, 0.15) is 17.5 Å². The van der Waals surface area contributed by atoms with E-state index in [2.05, 4.69) is 4.98 Å². The zero-order chi connectivity index (χ0) is 8.43. The number of nitrogens with zero attached hydrogens (tertiary/aromatic N) is 1. The van der Waals surface area contributed by atoms with Crippen LogP contribution in [0.5, 0.6) is 0 Å². The van der Waals surface area contributed by atoms with Crippen LogP contribution < -0.4 is 11.2 Å². The van der Waals surface area contributed by atoms with E-state index in [1.165, 1.54) is 6.07 Å². The van der Waals surface area contributed by atoms with Gasteiger partial charge in [-0.15, -0.1) is 0 Å². The molecule has 0 spiro atoms. The fourth-order valence-corrected chi connectivity index (χ4v) is 0.852. The highest BCUT2D eigenvalue weighted by molar-refractivity contribution is 5.39. The van der Waals surface area contributed by atoms with Crippen LogP contribution in [0.2, 0.25) is 0 Å². The monoisotopic (exact) mass is 149 g/mol. The standard InChI is InChI=1S/C7H7N3O/c1-4-5(3-8)6(11)2-7(9)10-4/h2H,1H3,(H3,9,10,11). The first-order valence-corrected chi connectivity index (χ1v) is 3.04. The van der Waals surface area contributed by atoms with Crippen molar-refractivity contribution < 1.29 is 0 Å². The molecular weight excluding hydrogens is 142 g/mol. The van der Waals surface area contributed by atoms with Gasteiger partial charge in [-0.25, -0.2) is 0 Å². The van der Waals surface area contributed by atoms with Crippen LogP contribution in [0.3, 0.4) is 0 Å². The lowest BCUT2D eigenvalue weighted by Crippen LogP contribution is -2.10. The number of pyridine rings is 1. The molecule has 1 aromatic heterocycles. The van der Waals surface area contributed by atoms with Gasteiger partial charge in [0.05, 0.1) is 0 Å². The molecule has 1 rings (SSSR count). The molecule has 0 saturated heterocycles. The minimum Gasteiger partial charge on any atom is -0.385 e. The first-order chi connectivity index (χ1) is 5.15. The molecule has 1 aromatic rings. The normalized spacial score (nSPS) is 9.09. The number of aryl methyl sites for hydroxylation is 1. The maximum Gasteiger partial charge on any atom is 0.201 e. The lowest BCUT2D eigenvalue weighted by atomic mass is 10.2. The molecule has 11 heavy (non-hydrogen) atoms. The number of aromatic nitrogens is 1. The Balaban J connectivity index is 3.53. The van der Waals surface area contributed by atoms with Crippen LogP contribution in [0.25, 0.3) is 0 Å². The van der Waals surface area contributed by atoms with E-state index in [1.54, 1.807) is 13.0 Å². The van der Waals surface area contributed by atoms with Gasteiger partial charge in [-0.3, -0.25) is 4.79 Å². The van der Waals surface area contributed by atoms with Gasteiger partial charge in [-0.2, -0.15) is 5.26 Å². The van der Waals surface area contributed by atoms with Gasteiger partial charge in [0.15, 0.2) is 0 Å². The quantitative estimate of drug-likeness (QED) is 0.550. The number of H-pyrrole nitrogens is 1. The van der Waals surface area contributed by atoms with Gasteiger partial charge >= 0.3 is 0 Å². The van der Waals surface area contributed by atoms with Crippen LogP contribution in [0.1, 0.15) is 11.3 Å². The maximum absolute atomic E-state index is 11.0. The van der Waals surface area contributed by atoms with Crippen molar-refractivity contribution in [3.63, 3.8) is 0 Å². The average molecular weight is 149 g/mol. The third-order valence-electron chi connectivity index (χ3n) is 1.35. The van der Waals surface area contributed by atoms with E-state index in [-0.39, 0.29) is 16.8 Å². The van der Waals surface area contributed by atoms with E-state index in [9.17, 15) is 4.79 Å². The summed E-state index contributed by atoms with van der Waals surface area (Å²) >= 11 is 0. The summed E-state index contributed by atoms with van der Waals surface area (Å²) < 4.78 is 0. The Morgan fingerprint density at radius 2 is 2.36 bits per heavy atom. The molecule has 0 saturated carbocycles. The molecule has 0 amide bonds. The third-order valence-corrected chi connectivity index (χ3v) is 1.35. The van der Waals surface area contributed by atoms with Crippen molar-refractivity contribution in [3.05, 3.63) is 27.5 Å². The molecule has 4 nitrogen and oxygen atoms in total. The number of aromatic amines is 1. The van der Waals surface area contributed by atoms with Gasteiger partial charge in [0, 0.05) is 11.8 Å². The highest BCUT2D eigenvalue weighted by Crippen LogP contribution is 1.99. The van der Waals surface area contributed by atoms with Crippen molar-refractivity contribution in [2.75, 3.05) is 5.73 Å². The molecule has 1 heterocycles. The summed E-state index contributed by atoms with van der Waals surface area (Å²) in [5.41, 5.74) is 5.62. The fraction of sp³-hybridized carbons (Fsp3) is 0.143. The van der Waals surface area contributed by atoms with Gasteiger partial charge in [0.25, 0.3) is 0 Å².